The molecule has 2 atom stereocenters. The van der Waals surface area contributed by atoms with E-state index in [1.165, 1.54) is 12.1 Å². The maximum atomic E-state index is 12.4. The third-order valence-corrected chi connectivity index (χ3v) is 3.72. The number of hydrogen-bond acceptors (Lipinski definition) is 4. The summed E-state index contributed by atoms with van der Waals surface area (Å²) < 4.78 is 39.9. The average Bonchev–Trinajstić information content (AvgIpc) is 2.60. The lowest BCUT2D eigenvalue weighted by atomic mass is 10.1. The van der Waals surface area contributed by atoms with Crippen LogP contribution in [0.3, 0.4) is 0 Å². The number of para-hydroxylation sites is 2. The minimum absolute atomic E-state index is 0.0688. The summed E-state index contributed by atoms with van der Waals surface area (Å²) in [4.78, 5) is 12.4. The van der Waals surface area contributed by atoms with Gasteiger partial charge < -0.3 is 19.5 Å². The summed E-state index contributed by atoms with van der Waals surface area (Å²) in [5.74, 6) is 0.886. The first-order valence-corrected chi connectivity index (χ1v) is 7.77. The van der Waals surface area contributed by atoms with Crippen molar-refractivity contribution in [3.05, 3.63) is 54.1 Å². The normalized spacial score (nSPS) is 18.7. The number of benzene rings is 2. The van der Waals surface area contributed by atoms with E-state index in [0.29, 0.717) is 11.5 Å². The molecule has 0 spiro atoms. The van der Waals surface area contributed by atoms with Crippen LogP contribution < -0.4 is 19.5 Å². The summed E-state index contributed by atoms with van der Waals surface area (Å²) in [6, 6.07) is 13.2. The van der Waals surface area contributed by atoms with Crippen LogP contribution in [0.2, 0.25) is 0 Å². The van der Waals surface area contributed by atoms with Gasteiger partial charge in [0, 0.05) is 6.54 Å². The fraction of sp³-hybridized carbons (Fsp3) is 0.278. The van der Waals surface area contributed by atoms with Gasteiger partial charge in [0.05, 0.1) is 0 Å². The Balaban J connectivity index is 1.57. The number of ether oxygens (including phenoxy) is 3. The van der Waals surface area contributed by atoms with Gasteiger partial charge in [-0.15, -0.1) is 0 Å². The molecule has 1 aliphatic rings. The Hall–Kier alpha value is -2.83. The molecule has 0 saturated heterocycles. The van der Waals surface area contributed by atoms with E-state index in [2.05, 4.69) is 10.1 Å². The second-order valence-corrected chi connectivity index (χ2v) is 5.55. The highest BCUT2D eigenvalue weighted by Crippen LogP contribution is 2.33. The highest BCUT2D eigenvalue weighted by atomic mass is 19.3. The summed E-state index contributed by atoms with van der Waals surface area (Å²) in [7, 11) is 0. The molecule has 0 fully saturated rings. The summed E-state index contributed by atoms with van der Waals surface area (Å²) in [5.41, 5.74) is 0.750. The number of carbonyl (C=O) groups is 1. The smallest absolute Gasteiger partial charge is 0.387 e. The van der Waals surface area contributed by atoms with Crippen molar-refractivity contribution in [2.45, 2.75) is 32.3 Å². The van der Waals surface area contributed by atoms with E-state index in [1.54, 1.807) is 37.3 Å². The first-order chi connectivity index (χ1) is 12.0. The monoisotopic (exact) mass is 349 g/mol. The fourth-order valence-electron chi connectivity index (χ4n) is 2.48. The highest BCUT2D eigenvalue weighted by Gasteiger charge is 2.33. The lowest BCUT2D eigenvalue weighted by molar-refractivity contribution is -0.133. The summed E-state index contributed by atoms with van der Waals surface area (Å²) in [6.45, 7) is -0.864. The maximum Gasteiger partial charge on any atom is 0.387 e. The molecule has 0 saturated carbocycles. The molecule has 2 aromatic carbocycles. The van der Waals surface area contributed by atoms with Gasteiger partial charge in [-0.25, -0.2) is 0 Å². The first kappa shape index (κ1) is 17.0. The van der Waals surface area contributed by atoms with Crippen LogP contribution in [0.15, 0.2) is 48.5 Å². The Kier molecular flexibility index (Phi) is 5.02. The van der Waals surface area contributed by atoms with Crippen LogP contribution >= 0.6 is 0 Å². The molecule has 0 radical (unpaired) electrons. The van der Waals surface area contributed by atoms with Crippen LogP contribution in [0, 0.1) is 0 Å². The zero-order valence-corrected chi connectivity index (χ0v) is 13.4. The van der Waals surface area contributed by atoms with Gasteiger partial charge in [0.25, 0.3) is 5.91 Å². The molecule has 1 heterocycles. The first-order valence-electron chi connectivity index (χ1n) is 7.77. The largest absolute Gasteiger partial charge is 0.482 e. The van der Waals surface area contributed by atoms with E-state index in [0.717, 1.165) is 5.56 Å². The topological polar surface area (TPSA) is 56.8 Å². The van der Waals surface area contributed by atoms with Crippen molar-refractivity contribution in [2.24, 2.45) is 0 Å². The van der Waals surface area contributed by atoms with Crippen molar-refractivity contribution in [3.63, 3.8) is 0 Å². The quantitative estimate of drug-likeness (QED) is 0.901. The molecule has 1 amide bonds. The van der Waals surface area contributed by atoms with Gasteiger partial charge in [-0.2, -0.15) is 8.78 Å². The Labute approximate surface area is 143 Å². The van der Waals surface area contributed by atoms with Crippen molar-refractivity contribution in [3.8, 4) is 17.2 Å². The number of hydrogen-bond donors (Lipinski definition) is 1. The van der Waals surface area contributed by atoms with Crippen LogP contribution in [0.5, 0.6) is 17.2 Å². The predicted molar refractivity (Wildman–Crippen MR) is 85.9 cm³/mol. The van der Waals surface area contributed by atoms with Gasteiger partial charge in [-0.05, 0) is 36.8 Å². The fourth-order valence-corrected chi connectivity index (χ4v) is 2.48. The number of halogens is 2. The maximum absolute atomic E-state index is 12.4. The second kappa shape index (κ2) is 7.38. The van der Waals surface area contributed by atoms with Crippen LogP contribution in [-0.4, -0.2) is 24.7 Å². The van der Waals surface area contributed by atoms with E-state index in [-0.39, 0.29) is 18.2 Å². The third-order valence-electron chi connectivity index (χ3n) is 3.72. The van der Waals surface area contributed by atoms with E-state index >= 15 is 0 Å². The number of alkyl halides is 2. The summed E-state index contributed by atoms with van der Waals surface area (Å²) in [5, 5.41) is 2.76. The molecule has 0 aliphatic carbocycles. The van der Waals surface area contributed by atoms with Crippen LogP contribution in [0.1, 0.15) is 12.5 Å². The van der Waals surface area contributed by atoms with E-state index in [1.807, 2.05) is 6.07 Å². The molecule has 25 heavy (non-hydrogen) atoms. The molecule has 3 rings (SSSR count). The standard InChI is InChI=1S/C18H17F2NO4/c1-11-16(25-15-5-3-2-4-14(15)23-11)17(22)21-10-12-6-8-13(9-7-12)24-18(19)20/h2-9,11,16,18H,10H2,1H3,(H,21,22)/t11-,16-/m1/s1. The number of fused-ring (bicyclic) bond motifs is 1. The van der Waals surface area contributed by atoms with Gasteiger partial charge in [0.2, 0.25) is 6.10 Å². The van der Waals surface area contributed by atoms with Crippen LogP contribution in [0.25, 0.3) is 0 Å². The molecule has 0 bridgehead atoms. The van der Waals surface area contributed by atoms with Gasteiger partial charge >= 0.3 is 6.61 Å². The van der Waals surface area contributed by atoms with E-state index < -0.39 is 18.8 Å². The number of amides is 1. The molecule has 0 unspecified atom stereocenters. The zero-order chi connectivity index (χ0) is 17.8. The SMILES string of the molecule is C[C@H]1Oc2ccccc2O[C@H]1C(=O)NCc1ccc(OC(F)F)cc1. The summed E-state index contributed by atoms with van der Waals surface area (Å²) >= 11 is 0. The second-order valence-electron chi connectivity index (χ2n) is 5.55. The van der Waals surface area contributed by atoms with Gasteiger partial charge in [-0.1, -0.05) is 24.3 Å². The van der Waals surface area contributed by atoms with Gasteiger partial charge in [0.1, 0.15) is 11.9 Å². The Bertz CT molecular complexity index is 736. The average molecular weight is 349 g/mol. The molecule has 0 aromatic heterocycles. The molecule has 132 valence electrons. The predicted octanol–water partition coefficient (Wildman–Crippen LogP) is 3.13. The van der Waals surface area contributed by atoms with Crippen molar-refractivity contribution in [1.29, 1.82) is 0 Å². The minimum atomic E-state index is -2.86. The van der Waals surface area contributed by atoms with Gasteiger partial charge in [-0.3, -0.25) is 4.79 Å². The lowest BCUT2D eigenvalue weighted by Gasteiger charge is -2.31. The van der Waals surface area contributed by atoms with Crippen molar-refractivity contribution >= 4 is 5.91 Å². The number of carbonyl (C=O) groups excluding carboxylic acids is 1. The molecule has 1 N–H and O–H groups in total. The Morgan fingerprint density at radius 3 is 2.40 bits per heavy atom. The molecular formula is C18H17F2NO4. The van der Waals surface area contributed by atoms with Crippen LogP contribution in [-0.2, 0) is 11.3 Å². The lowest BCUT2D eigenvalue weighted by Crippen LogP contribution is -2.48. The number of nitrogens with one attached hydrogen (secondary N) is 1. The van der Waals surface area contributed by atoms with E-state index in [9.17, 15) is 13.6 Å². The van der Waals surface area contributed by atoms with E-state index in [4.69, 9.17) is 9.47 Å². The number of rotatable bonds is 5. The molecule has 5 nitrogen and oxygen atoms in total. The van der Waals surface area contributed by atoms with Crippen LogP contribution in [0.4, 0.5) is 8.78 Å². The van der Waals surface area contributed by atoms with Gasteiger partial charge in [0.15, 0.2) is 11.5 Å². The Morgan fingerprint density at radius 1 is 1.12 bits per heavy atom. The Morgan fingerprint density at radius 2 is 1.76 bits per heavy atom. The van der Waals surface area contributed by atoms with Crippen molar-refractivity contribution in [1.82, 2.24) is 5.32 Å². The minimum Gasteiger partial charge on any atom is -0.482 e. The molecule has 1 aliphatic heterocycles. The molecule has 7 heteroatoms. The van der Waals surface area contributed by atoms with Crippen molar-refractivity contribution < 1.29 is 27.8 Å². The summed E-state index contributed by atoms with van der Waals surface area (Å²) in [6.07, 6.45) is -1.20. The molecule has 2 aromatic rings. The third kappa shape index (κ3) is 4.17. The molecular weight excluding hydrogens is 332 g/mol. The van der Waals surface area contributed by atoms with Crippen molar-refractivity contribution in [2.75, 3.05) is 0 Å². The zero-order valence-electron chi connectivity index (χ0n) is 13.4. The highest BCUT2D eigenvalue weighted by molar-refractivity contribution is 5.82.